The molecule has 5 nitrogen and oxygen atoms in total. The molecule has 1 aromatic heterocycles. The molecular weight excluding hydrogens is 368 g/mol. The third kappa shape index (κ3) is 5.50. The van der Waals surface area contributed by atoms with Gasteiger partial charge in [-0.05, 0) is 61.7 Å². The van der Waals surface area contributed by atoms with E-state index in [-0.39, 0.29) is 18.3 Å². The predicted molar refractivity (Wildman–Crippen MR) is 109 cm³/mol. The van der Waals surface area contributed by atoms with Crippen LogP contribution in [0.15, 0.2) is 46.7 Å². The van der Waals surface area contributed by atoms with Gasteiger partial charge in [-0.1, -0.05) is 19.1 Å². The Labute approximate surface area is 165 Å². The van der Waals surface area contributed by atoms with Gasteiger partial charge in [0.1, 0.15) is 0 Å². The second-order valence-electron chi connectivity index (χ2n) is 6.75. The number of para-hydroxylation sites is 1. The molecule has 2 aromatic rings. The summed E-state index contributed by atoms with van der Waals surface area (Å²) in [6.45, 7) is 4.32. The van der Waals surface area contributed by atoms with E-state index >= 15 is 0 Å². The molecule has 1 amide bonds. The Morgan fingerprint density at radius 1 is 1.46 bits per heavy atom. The summed E-state index contributed by atoms with van der Waals surface area (Å²) in [5.41, 5.74) is 0.856. The van der Waals surface area contributed by atoms with Gasteiger partial charge < -0.3 is 15.2 Å². The van der Waals surface area contributed by atoms with Gasteiger partial charge in [0.05, 0.1) is 5.69 Å². The number of nitrogens with one attached hydrogen (secondary N) is 2. The first kappa shape index (κ1) is 20.8. The van der Waals surface area contributed by atoms with Crippen molar-refractivity contribution in [3.05, 3.63) is 36.7 Å². The molecule has 26 heavy (non-hydrogen) atoms. The first-order valence-corrected chi connectivity index (χ1v) is 9.70. The van der Waals surface area contributed by atoms with Gasteiger partial charge >= 0.3 is 0 Å². The lowest BCUT2D eigenvalue weighted by molar-refractivity contribution is -0.117. The first-order chi connectivity index (χ1) is 12.1. The zero-order chi connectivity index (χ0) is 17.6. The van der Waals surface area contributed by atoms with E-state index < -0.39 is 0 Å². The Balaban J connectivity index is 0.00000243. The molecule has 7 heteroatoms. The van der Waals surface area contributed by atoms with Crippen LogP contribution in [0.5, 0.6) is 0 Å². The fourth-order valence-corrected chi connectivity index (χ4v) is 4.12. The van der Waals surface area contributed by atoms with Crippen molar-refractivity contribution in [2.75, 3.05) is 18.4 Å². The molecule has 2 heterocycles. The minimum atomic E-state index is 0. The van der Waals surface area contributed by atoms with Crippen LogP contribution in [0.25, 0.3) is 0 Å². The molecule has 0 spiro atoms. The van der Waals surface area contributed by atoms with Gasteiger partial charge in [-0.25, -0.2) is 4.98 Å². The Bertz CT molecular complexity index is 715. The van der Waals surface area contributed by atoms with Crippen LogP contribution in [-0.4, -0.2) is 28.5 Å². The minimum absolute atomic E-state index is 0. The molecular formula is C19H27ClN4OS. The van der Waals surface area contributed by atoms with Gasteiger partial charge in [0.15, 0.2) is 5.16 Å². The first-order valence-electron chi connectivity index (χ1n) is 8.88. The number of aromatic nitrogens is 2. The van der Waals surface area contributed by atoms with Gasteiger partial charge in [-0.3, -0.25) is 4.79 Å². The Morgan fingerprint density at radius 3 is 2.96 bits per heavy atom. The molecule has 142 valence electrons. The maximum Gasteiger partial charge on any atom is 0.224 e. The number of halogens is 1. The van der Waals surface area contributed by atoms with Crippen molar-refractivity contribution >= 4 is 35.8 Å². The zero-order valence-electron chi connectivity index (χ0n) is 15.3. The highest BCUT2D eigenvalue weighted by Gasteiger charge is 2.22. The summed E-state index contributed by atoms with van der Waals surface area (Å²) >= 11 is 1.56. The van der Waals surface area contributed by atoms with Crippen molar-refractivity contribution < 1.29 is 4.79 Å². The number of carbonyl (C=O) groups is 1. The SMILES string of the molecule is CC(CC(=O)Nc1ccccc1Sc1nccn1C)C1CCCNC1.Cl. The standard InChI is InChI=1S/C19H26N4OS.ClH/c1-14(15-6-5-9-20-13-15)12-18(24)22-16-7-3-4-8-17(16)25-19-21-10-11-23(19)2;/h3-4,7-8,10-11,14-15,20H,5-6,9,12-13H2,1-2H3,(H,22,24);1H. The van der Waals surface area contributed by atoms with Crippen molar-refractivity contribution in [2.24, 2.45) is 18.9 Å². The predicted octanol–water partition coefficient (Wildman–Crippen LogP) is 3.96. The molecule has 1 fully saturated rings. The number of piperidine rings is 1. The fraction of sp³-hybridized carbons (Fsp3) is 0.474. The van der Waals surface area contributed by atoms with Crippen LogP contribution in [-0.2, 0) is 11.8 Å². The Morgan fingerprint density at radius 2 is 2.27 bits per heavy atom. The summed E-state index contributed by atoms with van der Waals surface area (Å²) in [7, 11) is 1.97. The average molecular weight is 395 g/mol. The van der Waals surface area contributed by atoms with E-state index in [1.165, 1.54) is 12.8 Å². The lowest BCUT2D eigenvalue weighted by atomic mass is 9.85. The summed E-state index contributed by atoms with van der Waals surface area (Å²) in [5, 5.41) is 7.43. The van der Waals surface area contributed by atoms with Crippen molar-refractivity contribution in [3.8, 4) is 0 Å². The number of aryl methyl sites for hydroxylation is 1. The molecule has 2 N–H and O–H groups in total. The number of rotatable bonds is 6. The zero-order valence-corrected chi connectivity index (χ0v) is 16.9. The average Bonchev–Trinajstić information content (AvgIpc) is 3.02. The van der Waals surface area contributed by atoms with E-state index in [0.717, 1.165) is 28.8 Å². The lowest BCUT2D eigenvalue weighted by Gasteiger charge is -2.28. The van der Waals surface area contributed by atoms with E-state index in [9.17, 15) is 4.79 Å². The number of carbonyl (C=O) groups excluding carboxylic acids is 1. The highest BCUT2D eigenvalue weighted by molar-refractivity contribution is 7.99. The topological polar surface area (TPSA) is 59.0 Å². The number of nitrogens with zero attached hydrogens (tertiary/aromatic N) is 2. The number of hydrogen-bond donors (Lipinski definition) is 2. The van der Waals surface area contributed by atoms with Gasteiger partial charge in [0.25, 0.3) is 0 Å². The number of amides is 1. The van der Waals surface area contributed by atoms with Crippen LogP contribution in [0.3, 0.4) is 0 Å². The van der Waals surface area contributed by atoms with Crippen LogP contribution in [0.2, 0.25) is 0 Å². The summed E-state index contributed by atoms with van der Waals surface area (Å²) in [6.07, 6.45) is 6.69. The molecule has 0 bridgehead atoms. The molecule has 0 radical (unpaired) electrons. The maximum absolute atomic E-state index is 12.5. The van der Waals surface area contributed by atoms with Crippen molar-refractivity contribution in [2.45, 2.75) is 36.2 Å². The Hall–Kier alpha value is -1.50. The number of hydrogen-bond acceptors (Lipinski definition) is 4. The van der Waals surface area contributed by atoms with E-state index in [0.29, 0.717) is 18.3 Å². The largest absolute Gasteiger partial charge is 0.329 e. The molecule has 2 unspecified atom stereocenters. The maximum atomic E-state index is 12.5. The highest BCUT2D eigenvalue weighted by Crippen LogP contribution is 2.32. The van der Waals surface area contributed by atoms with Crippen LogP contribution in [0.1, 0.15) is 26.2 Å². The molecule has 3 rings (SSSR count). The van der Waals surface area contributed by atoms with E-state index in [2.05, 4.69) is 22.5 Å². The van der Waals surface area contributed by atoms with Gasteiger partial charge in [-0.2, -0.15) is 0 Å². The van der Waals surface area contributed by atoms with E-state index in [1.54, 1.807) is 18.0 Å². The minimum Gasteiger partial charge on any atom is -0.329 e. The quantitative estimate of drug-likeness (QED) is 0.778. The van der Waals surface area contributed by atoms with Crippen LogP contribution < -0.4 is 10.6 Å². The van der Waals surface area contributed by atoms with Crippen LogP contribution in [0, 0.1) is 11.8 Å². The monoisotopic (exact) mass is 394 g/mol. The molecule has 0 saturated carbocycles. The normalized spacial score (nSPS) is 18.0. The fourth-order valence-electron chi connectivity index (χ4n) is 3.23. The summed E-state index contributed by atoms with van der Waals surface area (Å²) in [5.74, 6) is 1.07. The third-order valence-corrected chi connectivity index (χ3v) is 5.94. The van der Waals surface area contributed by atoms with Gasteiger partial charge in [-0.15, -0.1) is 12.4 Å². The molecule has 1 saturated heterocycles. The van der Waals surface area contributed by atoms with Gasteiger partial charge in [0, 0.05) is 30.8 Å². The number of anilines is 1. The smallest absolute Gasteiger partial charge is 0.224 e. The number of benzene rings is 1. The molecule has 1 aliphatic rings. The lowest BCUT2D eigenvalue weighted by Crippen LogP contribution is -2.34. The second-order valence-corrected chi connectivity index (χ2v) is 7.76. The molecule has 1 aliphatic heterocycles. The van der Waals surface area contributed by atoms with Crippen molar-refractivity contribution in [1.82, 2.24) is 14.9 Å². The van der Waals surface area contributed by atoms with E-state index in [1.807, 2.05) is 42.1 Å². The Kier molecular flexibility index (Phi) is 8.00. The van der Waals surface area contributed by atoms with Crippen LogP contribution in [0.4, 0.5) is 5.69 Å². The summed E-state index contributed by atoms with van der Waals surface area (Å²) < 4.78 is 1.97. The molecule has 1 aromatic carbocycles. The second kappa shape index (κ2) is 10.00. The summed E-state index contributed by atoms with van der Waals surface area (Å²) in [6, 6.07) is 7.91. The van der Waals surface area contributed by atoms with Crippen LogP contribution >= 0.6 is 24.2 Å². The van der Waals surface area contributed by atoms with Crippen molar-refractivity contribution in [3.63, 3.8) is 0 Å². The van der Waals surface area contributed by atoms with Gasteiger partial charge in [0.2, 0.25) is 5.91 Å². The number of imidazole rings is 1. The molecule has 0 aliphatic carbocycles. The third-order valence-electron chi connectivity index (χ3n) is 4.79. The molecule has 2 atom stereocenters. The highest BCUT2D eigenvalue weighted by atomic mass is 35.5. The van der Waals surface area contributed by atoms with E-state index in [4.69, 9.17) is 0 Å². The van der Waals surface area contributed by atoms with Crippen molar-refractivity contribution in [1.29, 1.82) is 0 Å². The summed E-state index contributed by atoms with van der Waals surface area (Å²) in [4.78, 5) is 17.9.